The minimum absolute atomic E-state index is 0.624. The van der Waals surface area contributed by atoms with Crippen LogP contribution in [-0.4, -0.2) is 24.5 Å². The summed E-state index contributed by atoms with van der Waals surface area (Å²) in [6.07, 6.45) is 8.81. The Hall–Kier alpha value is -3.10. The first-order valence-electron chi connectivity index (χ1n) is 8.93. The maximum atomic E-state index is 4.51. The van der Waals surface area contributed by atoms with E-state index in [1.165, 1.54) is 0 Å². The SMILES string of the molecule is Brc1ccc(-c2csc3ncnc(NCc4ccc(-n5ccnc5)nc4)c23)cc1. The van der Waals surface area contributed by atoms with Crippen LogP contribution in [0.25, 0.3) is 27.2 Å². The molecule has 0 atom stereocenters. The van der Waals surface area contributed by atoms with Crippen LogP contribution in [-0.2, 0) is 6.54 Å². The Kier molecular flexibility index (Phi) is 4.79. The fraction of sp³-hybridized carbons (Fsp3) is 0.0476. The van der Waals surface area contributed by atoms with E-state index in [2.05, 4.69) is 64.8 Å². The molecule has 0 unspecified atom stereocenters. The van der Waals surface area contributed by atoms with Crippen LogP contribution in [0.3, 0.4) is 0 Å². The van der Waals surface area contributed by atoms with Gasteiger partial charge in [0.15, 0.2) is 0 Å². The van der Waals surface area contributed by atoms with E-state index in [0.29, 0.717) is 6.54 Å². The topological polar surface area (TPSA) is 68.5 Å². The van der Waals surface area contributed by atoms with Gasteiger partial charge in [-0.05, 0) is 29.3 Å². The largest absolute Gasteiger partial charge is 0.365 e. The van der Waals surface area contributed by atoms with Crippen molar-refractivity contribution >= 4 is 43.3 Å². The van der Waals surface area contributed by atoms with Gasteiger partial charge < -0.3 is 5.32 Å². The van der Waals surface area contributed by atoms with Crippen molar-refractivity contribution in [2.75, 3.05) is 5.32 Å². The number of imidazole rings is 1. The highest BCUT2D eigenvalue weighted by atomic mass is 79.9. The van der Waals surface area contributed by atoms with E-state index in [1.54, 1.807) is 30.2 Å². The Morgan fingerprint density at radius 1 is 1.03 bits per heavy atom. The molecular weight excluding hydrogens is 448 g/mol. The van der Waals surface area contributed by atoms with Crippen LogP contribution >= 0.6 is 27.3 Å². The number of benzene rings is 1. The van der Waals surface area contributed by atoms with Crippen molar-refractivity contribution in [2.45, 2.75) is 6.54 Å². The third kappa shape index (κ3) is 3.64. The molecule has 4 aromatic heterocycles. The normalized spacial score (nSPS) is 11.1. The van der Waals surface area contributed by atoms with E-state index in [-0.39, 0.29) is 0 Å². The van der Waals surface area contributed by atoms with Crippen molar-refractivity contribution in [2.24, 2.45) is 0 Å². The standard InChI is InChI=1S/C21H15BrN6S/c22-16-4-2-15(3-5-16)17-11-29-21-19(17)20(26-12-27-21)25-10-14-1-6-18(24-9-14)28-8-7-23-13-28/h1-9,11-13H,10H2,(H,25,26,27). The van der Waals surface area contributed by atoms with Gasteiger partial charge in [0.1, 0.15) is 29.1 Å². The zero-order valence-electron chi connectivity index (χ0n) is 15.2. The summed E-state index contributed by atoms with van der Waals surface area (Å²) in [6.45, 7) is 0.624. The first-order chi connectivity index (χ1) is 14.3. The van der Waals surface area contributed by atoms with Crippen LogP contribution in [0, 0.1) is 0 Å². The summed E-state index contributed by atoms with van der Waals surface area (Å²) in [5, 5.41) is 6.63. The van der Waals surface area contributed by atoms with Gasteiger partial charge in [-0.25, -0.2) is 19.9 Å². The molecular formula is C21H15BrN6S. The Balaban J connectivity index is 1.42. The van der Waals surface area contributed by atoms with Gasteiger partial charge in [-0.3, -0.25) is 4.57 Å². The number of thiophene rings is 1. The molecule has 5 aromatic rings. The lowest BCUT2D eigenvalue weighted by atomic mass is 10.1. The molecule has 0 fully saturated rings. The van der Waals surface area contributed by atoms with Crippen LogP contribution < -0.4 is 5.32 Å². The molecule has 6 nitrogen and oxygen atoms in total. The van der Waals surface area contributed by atoms with Crippen molar-refractivity contribution in [1.29, 1.82) is 0 Å². The van der Waals surface area contributed by atoms with Crippen LogP contribution in [0.1, 0.15) is 5.56 Å². The van der Waals surface area contributed by atoms with Gasteiger partial charge in [-0.2, -0.15) is 0 Å². The van der Waals surface area contributed by atoms with Crippen LogP contribution in [0.5, 0.6) is 0 Å². The van der Waals surface area contributed by atoms with E-state index in [9.17, 15) is 0 Å². The number of fused-ring (bicyclic) bond motifs is 1. The molecule has 0 aliphatic carbocycles. The Morgan fingerprint density at radius 3 is 2.69 bits per heavy atom. The second-order valence-electron chi connectivity index (χ2n) is 6.41. The number of halogens is 1. The molecule has 0 bridgehead atoms. The van der Waals surface area contributed by atoms with Crippen LogP contribution in [0.15, 0.2) is 77.5 Å². The van der Waals surface area contributed by atoms with E-state index >= 15 is 0 Å². The molecule has 0 radical (unpaired) electrons. The molecule has 0 saturated heterocycles. The number of hydrogen-bond donors (Lipinski definition) is 1. The smallest absolute Gasteiger partial charge is 0.139 e. The number of nitrogens with zero attached hydrogens (tertiary/aromatic N) is 5. The minimum atomic E-state index is 0.624. The molecule has 0 amide bonds. The number of rotatable bonds is 5. The molecule has 5 rings (SSSR count). The maximum Gasteiger partial charge on any atom is 0.139 e. The molecule has 0 aliphatic heterocycles. The molecule has 0 saturated carbocycles. The molecule has 142 valence electrons. The quantitative estimate of drug-likeness (QED) is 0.383. The first kappa shape index (κ1) is 18.0. The molecule has 4 heterocycles. The highest BCUT2D eigenvalue weighted by molar-refractivity contribution is 9.10. The number of pyridine rings is 1. The molecule has 0 aliphatic rings. The third-order valence-electron chi connectivity index (χ3n) is 4.56. The van der Waals surface area contributed by atoms with E-state index in [4.69, 9.17) is 0 Å². The predicted octanol–water partition coefficient (Wildman–Crippen LogP) is 5.31. The van der Waals surface area contributed by atoms with E-state index < -0.39 is 0 Å². The maximum absolute atomic E-state index is 4.51. The number of anilines is 1. The van der Waals surface area contributed by atoms with Crippen LogP contribution in [0.4, 0.5) is 5.82 Å². The lowest BCUT2D eigenvalue weighted by Gasteiger charge is -2.09. The lowest BCUT2D eigenvalue weighted by Crippen LogP contribution is -2.03. The first-order valence-corrected chi connectivity index (χ1v) is 10.6. The average Bonchev–Trinajstić information content (AvgIpc) is 3.44. The number of hydrogen-bond acceptors (Lipinski definition) is 6. The monoisotopic (exact) mass is 462 g/mol. The Labute approximate surface area is 179 Å². The van der Waals surface area contributed by atoms with Crippen molar-refractivity contribution in [3.63, 3.8) is 0 Å². The highest BCUT2D eigenvalue weighted by Gasteiger charge is 2.13. The van der Waals surface area contributed by atoms with Gasteiger partial charge >= 0.3 is 0 Å². The van der Waals surface area contributed by atoms with Crippen molar-refractivity contribution in [1.82, 2.24) is 24.5 Å². The molecule has 1 N–H and O–H groups in total. The predicted molar refractivity (Wildman–Crippen MR) is 119 cm³/mol. The summed E-state index contributed by atoms with van der Waals surface area (Å²) < 4.78 is 2.93. The van der Waals surface area contributed by atoms with Gasteiger partial charge in [0.05, 0.1) is 5.39 Å². The summed E-state index contributed by atoms with van der Waals surface area (Å²) >= 11 is 5.12. The zero-order valence-corrected chi connectivity index (χ0v) is 17.6. The van der Waals surface area contributed by atoms with Crippen molar-refractivity contribution < 1.29 is 0 Å². The van der Waals surface area contributed by atoms with Gasteiger partial charge in [-0.1, -0.05) is 34.1 Å². The van der Waals surface area contributed by atoms with Crippen molar-refractivity contribution in [3.05, 3.63) is 83.1 Å². The van der Waals surface area contributed by atoms with E-state index in [1.807, 2.05) is 35.2 Å². The second-order valence-corrected chi connectivity index (χ2v) is 8.18. The van der Waals surface area contributed by atoms with Gasteiger partial charge in [0.2, 0.25) is 0 Å². The molecule has 1 aromatic carbocycles. The fourth-order valence-electron chi connectivity index (χ4n) is 3.11. The van der Waals surface area contributed by atoms with E-state index in [0.717, 1.165) is 43.0 Å². The zero-order chi connectivity index (χ0) is 19.6. The highest BCUT2D eigenvalue weighted by Crippen LogP contribution is 2.36. The Morgan fingerprint density at radius 2 is 1.93 bits per heavy atom. The summed E-state index contributed by atoms with van der Waals surface area (Å²) in [5.41, 5.74) is 3.35. The second kappa shape index (κ2) is 7.73. The summed E-state index contributed by atoms with van der Waals surface area (Å²) in [6, 6.07) is 12.3. The average molecular weight is 463 g/mol. The molecule has 8 heteroatoms. The van der Waals surface area contributed by atoms with Gasteiger partial charge in [0, 0.05) is 40.6 Å². The third-order valence-corrected chi connectivity index (χ3v) is 5.98. The number of aromatic nitrogens is 5. The van der Waals surface area contributed by atoms with Crippen molar-refractivity contribution in [3.8, 4) is 16.9 Å². The lowest BCUT2D eigenvalue weighted by molar-refractivity contribution is 0.977. The number of nitrogens with one attached hydrogen (secondary N) is 1. The summed E-state index contributed by atoms with van der Waals surface area (Å²) in [4.78, 5) is 18.5. The fourth-order valence-corrected chi connectivity index (χ4v) is 4.29. The molecule has 29 heavy (non-hydrogen) atoms. The minimum Gasteiger partial charge on any atom is -0.365 e. The van der Waals surface area contributed by atoms with Crippen LogP contribution in [0.2, 0.25) is 0 Å². The summed E-state index contributed by atoms with van der Waals surface area (Å²) in [5.74, 6) is 1.67. The van der Waals surface area contributed by atoms with Gasteiger partial charge in [0.25, 0.3) is 0 Å². The molecule has 0 spiro atoms. The summed E-state index contributed by atoms with van der Waals surface area (Å²) in [7, 11) is 0. The Bertz CT molecular complexity index is 1250. The van der Waals surface area contributed by atoms with Gasteiger partial charge in [-0.15, -0.1) is 11.3 Å².